The van der Waals surface area contributed by atoms with Crippen LogP contribution in [0.5, 0.6) is 0 Å². The SMILES string of the molecule is CN1CCC(N(C(=O)c2ccc(Nc3nc4c(C5=CCN(C(=O)CCC(F)(F)F)CC5)cccn4n3)cc2)C2CC2)CC1. The van der Waals surface area contributed by atoms with Crippen LogP contribution in [0.2, 0.25) is 0 Å². The number of likely N-dealkylation sites (tertiary alicyclic amines) is 1. The van der Waals surface area contributed by atoms with Crippen LogP contribution >= 0.6 is 0 Å². The maximum absolute atomic E-state index is 13.5. The molecule has 1 aliphatic carbocycles. The first-order valence-corrected chi connectivity index (χ1v) is 14.9. The number of halogens is 3. The summed E-state index contributed by atoms with van der Waals surface area (Å²) in [6.07, 6.45) is 2.37. The van der Waals surface area contributed by atoms with Crippen molar-refractivity contribution in [1.29, 1.82) is 0 Å². The van der Waals surface area contributed by atoms with Crippen molar-refractivity contribution in [3.63, 3.8) is 0 Å². The zero-order valence-corrected chi connectivity index (χ0v) is 24.2. The Kier molecular flexibility index (Phi) is 8.13. The van der Waals surface area contributed by atoms with E-state index in [1.54, 1.807) is 10.7 Å². The van der Waals surface area contributed by atoms with E-state index in [9.17, 15) is 22.8 Å². The van der Waals surface area contributed by atoms with Gasteiger partial charge in [-0.3, -0.25) is 9.59 Å². The van der Waals surface area contributed by atoms with Crippen LogP contribution in [0, 0.1) is 0 Å². The number of benzene rings is 1. The fourth-order valence-electron chi connectivity index (χ4n) is 5.99. The van der Waals surface area contributed by atoms with E-state index >= 15 is 0 Å². The van der Waals surface area contributed by atoms with Gasteiger partial charge in [0.2, 0.25) is 11.9 Å². The number of carbonyl (C=O) groups is 2. The van der Waals surface area contributed by atoms with E-state index in [0.717, 1.165) is 55.6 Å². The average molecular weight is 596 g/mol. The third-order valence-corrected chi connectivity index (χ3v) is 8.54. The number of rotatable bonds is 8. The van der Waals surface area contributed by atoms with Gasteiger partial charge in [0.25, 0.3) is 5.91 Å². The number of nitrogens with one attached hydrogen (secondary N) is 1. The summed E-state index contributed by atoms with van der Waals surface area (Å²) in [5, 5.41) is 7.79. The minimum Gasteiger partial charge on any atom is -0.339 e. The Morgan fingerprint density at radius 3 is 2.40 bits per heavy atom. The third kappa shape index (κ3) is 6.84. The highest BCUT2D eigenvalue weighted by Gasteiger charge is 2.38. The number of piperidine rings is 1. The summed E-state index contributed by atoms with van der Waals surface area (Å²) in [7, 11) is 2.13. The highest BCUT2D eigenvalue weighted by molar-refractivity contribution is 5.95. The lowest BCUT2D eigenvalue weighted by Crippen LogP contribution is -2.47. The van der Waals surface area contributed by atoms with Crippen molar-refractivity contribution in [1.82, 2.24) is 29.3 Å². The molecular formula is C31H36F3N7O2. The molecule has 4 heterocycles. The standard InChI is InChI=1S/C31H36F3N7O2/c1-38-17-13-25(14-18-38)41(24-8-9-24)29(43)22-4-6-23(7-5-22)35-30-36-28-26(3-2-16-40(28)37-30)21-11-19-39(20-12-21)27(42)10-15-31(32,33)34/h2-7,11,16,24-25H,8-10,12-15,17-20H2,1H3,(H,35,37). The van der Waals surface area contributed by atoms with Gasteiger partial charge in [-0.25, -0.2) is 4.52 Å². The summed E-state index contributed by atoms with van der Waals surface area (Å²) >= 11 is 0. The summed E-state index contributed by atoms with van der Waals surface area (Å²) in [5.41, 5.74) is 3.91. The molecule has 2 amide bonds. The first kappa shape index (κ1) is 29.2. The Hall–Kier alpha value is -3.93. The fourth-order valence-corrected chi connectivity index (χ4v) is 5.99. The Balaban J connectivity index is 1.12. The summed E-state index contributed by atoms with van der Waals surface area (Å²) in [6.45, 7) is 2.63. The highest BCUT2D eigenvalue weighted by Crippen LogP contribution is 2.33. The van der Waals surface area contributed by atoms with Crippen molar-refractivity contribution in [2.45, 2.75) is 63.2 Å². The minimum absolute atomic E-state index is 0.0977. The summed E-state index contributed by atoms with van der Waals surface area (Å²) in [4.78, 5) is 36.3. The topological polar surface area (TPSA) is 86.1 Å². The van der Waals surface area contributed by atoms with Crippen molar-refractivity contribution in [2.24, 2.45) is 0 Å². The number of alkyl halides is 3. The summed E-state index contributed by atoms with van der Waals surface area (Å²) < 4.78 is 39.2. The van der Waals surface area contributed by atoms with Crippen LogP contribution in [0.3, 0.4) is 0 Å². The van der Waals surface area contributed by atoms with E-state index in [2.05, 4.69) is 27.3 Å². The van der Waals surface area contributed by atoms with E-state index in [-0.39, 0.29) is 12.5 Å². The van der Waals surface area contributed by atoms with Crippen LogP contribution in [0.1, 0.15) is 60.9 Å². The third-order valence-electron chi connectivity index (χ3n) is 8.54. The first-order valence-electron chi connectivity index (χ1n) is 14.9. The minimum atomic E-state index is -4.34. The molecule has 0 bridgehead atoms. The van der Waals surface area contributed by atoms with Gasteiger partial charge in [-0.05, 0) is 94.2 Å². The molecule has 1 saturated heterocycles. The molecule has 2 aromatic heterocycles. The molecule has 3 aromatic rings. The number of pyridine rings is 1. The molecule has 12 heteroatoms. The Morgan fingerprint density at radius 1 is 1.02 bits per heavy atom. The number of carbonyl (C=O) groups excluding carboxylic acids is 2. The summed E-state index contributed by atoms with van der Waals surface area (Å²) in [6, 6.07) is 11.9. The molecule has 0 unspecified atom stereocenters. The Bertz CT molecular complexity index is 1510. The molecule has 0 atom stereocenters. The molecular weight excluding hydrogens is 559 g/mol. The van der Waals surface area contributed by atoms with Gasteiger partial charge >= 0.3 is 6.18 Å². The number of nitrogens with zero attached hydrogens (tertiary/aromatic N) is 6. The molecule has 1 N–H and O–H groups in total. The van der Waals surface area contributed by atoms with Crippen molar-refractivity contribution < 1.29 is 22.8 Å². The van der Waals surface area contributed by atoms with E-state index in [4.69, 9.17) is 4.98 Å². The second kappa shape index (κ2) is 12.0. The van der Waals surface area contributed by atoms with Crippen molar-refractivity contribution in [2.75, 3.05) is 38.5 Å². The number of amides is 2. The van der Waals surface area contributed by atoms with E-state index in [1.165, 1.54) is 4.90 Å². The largest absolute Gasteiger partial charge is 0.389 e. The van der Waals surface area contributed by atoms with Gasteiger partial charge in [0.15, 0.2) is 5.65 Å². The second-order valence-electron chi connectivity index (χ2n) is 11.7. The molecule has 3 aliphatic rings. The van der Waals surface area contributed by atoms with Crippen molar-refractivity contribution in [3.05, 3.63) is 59.8 Å². The number of aromatic nitrogens is 3. The highest BCUT2D eigenvalue weighted by atomic mass is 19.4. The van der Waals surface area contributed by atoms with Crippen LogP contribution in [-0.4, -0.2) is 92.6 Å². The predicted octanol–water partition coefficient (Wildman–Crippen LogP) is 5.13. The van der Waals surface area contributed by atoms with Gasteiger partial charge in [0, 0.05) is 54.6 Å². The molecule has 1 aromatic carbocycles. The van der Waals surface area contributed by atoms with E-state index in [0.29, 0.717) is 42.2 Å². The Labute approximate surface area is 248 Å². The Morgan fingerprint density at radius 2 is 1.74 bits per heavy atom. The molecule has 228 valence electrons. The molecule has 9 nitrogen and oxygen atoms in total. The van der Waals surface area contributed by atoms with Crippen LogP contribution in [0.4, 0.5) is 24.8 Å². The van der Waals surface area contributed by atoms with Crippen molar-refractivity contribution in [3.8, 4) is 0 Å². The van der Waals surface area contributed by atoms with Gasteiger partial charge in [0.1, 0.15) is 0 Å². The van der Waals surface area contributed by atoms with E-state index in [1.807, 2.05) is 42.5 Å². The van der Waals surface area contributed by atoms with Gasteiger partial charge in [0.05, 0.1) is 6.42 Å². The van der Waals surface area contributed by atoms with Gasteiger partial charge < -0.3 is 20.0 Å². The van der Waals surface area contributed by atoms with Crippen LogP contribution in [-0.2, 0) is 4.79 Å². The second-order valence-corrected chi connectivity index (χ2v) is 11.7. The normalized spacial score (nSPS) is 18.5. The molecule has 2 aliphatic heterocycles. The predicted molar refractivity (Wildman–Crippen MR) is 157 cm³/mol. The maximum Gasteiger partial charge on any atom is 0.389 e. The molecule has 0 spiro atoms. The molecule has 1 saturated carbocycles. The number of anilines is 2. The van der Waals surface area contributed by atoms with Gasteiger partial charge in [-0.2, -0.15) is 18.2 Å². The number of fused-ring (bicyclic) bond motifs is 1. The fraction of sp³-hybridized carbons (Fsp3) is 0.484. The molecule has 2 fully saturated rings. The lowest BCUT2D eigenvalue weighted by atomic mass is 10.00. The van der Waals surface area contributed by atoms with Gasteiger partial charge in [-0.1, -0.05) is 6.08 Å². The first-order chi connectivity index (χ1) is 20.6. The molecule has 6 rings (SSSR count). The molecule has 0 radical (unpaired) electrons. The maximum atomic E-state index is 13.5. The quantitative estimate of drug-likeness (QED) is 0.389. The van der Waals surface area contributed by atoms with E-state index < -0.39 is 24.9 Å². The summed E-state index contributed by atoms with van der Waals surface area (Å²) in [5.74, 6) is 0.00730. The molecule has 43 heavy (non-hydrogen) atoms. The monoisotopic (exact) mass is 595 g/mol. The smallest absolute Gasteiger partial charge is 0.339 e. The zero-order valence-electron chi connectivity index (χ0n) is 24.2. The van der Waals surface area contributed by atoms with Crippen molar-refractivity contribution >= 4 is 34.7 Å². The number of hydrogen-bond acceptors (Lipinski definition) is 6. The van der Waals surface area contributed by atoms with Crippen LogP contribution < -0.4 is 5.32 Å². The van der Waals surface area contributed by atoms with Crippen LogP contribution in [0.25, 0.3) is 11.2 Å². The van der Waals surface area contributed by atoms with Crippen LogP contribution in [0.15, 0.2) is 48.7 Å². The number of hydrogen-bond donors (Lipinski definition) is 1. The van der Waals surface area contributed by atoms with Gasteiger partial charge in [-0.15, -0.1) is 5.10 Å². The lowest BCUT2D eigenvalue weighted by Gasteiger charge is -2.37. The lowest BCUT2D eigenvalue weighted by molar-refractivity contribution is -0.148. The average Bonchev–Trinajstić information content (AvgIpc) is 3.74. The zero-order chi connectivity index (χ0) is 30.1.